The van der Waals surface area contributed by atoms with Gasteiger partial charge >= 0.3 is 0 Å². The van der Waals surface area contributed by atoms with Crippen LogP contribution in [0, 0.1) is 0 Å². The summed E-state index contributed by atoms with van der Waals surface area (Å²) in [5.74, 6) is 1.32. The van der Waals surface area contributed by atoms with Gasteiger partial charge in [0, 0.05) is 14.1 Å². The minimum absolute atomic E-state index is 0.0925. The molecule has 20 heavy (non-hydrogen) atoms. The fourth-order valence-corrected chi connectivity index (χ4v) is 2.89. The van der Waals surface area contributed by atoms with E-state index in [0.717, 1.165) is 37.0 Å². The standard InChI is InChI=1S/C13H20N6O/c1-14-13-17-11-10(15-7-16-11)12(18-13)19(2)8-5-3-4-6-9(8)20/h7-9,20H,3-6H2,1-2H3,(H2,14,15,16,17,18). The SMILES string of the molecule is CNc1nc(N(C)C2CCCCC2O)c2[nH]cnc2n1. The average Bonchev–Trinajstić information content (AvgIpc) is 2.94. The van der Waals surface area contributed by atoms with Gasteiger partial charge in [0.25, 0.3) is 0 Å². The lowest BCUT2D eigenvalue weighted by molar-refractivity contribution is 0.106. The molecule has 0 saturated heterocycles. The number of hydrogen-bond acceptors (Lipinski definition) is 6. The molecule has 0 aliphatic heterocycles. The van der Waals surface area contributed by atoms with E-state index >= 15 is 0 Å². The summed E-state index contributed by atoms with van der Waals surface area (Å²) >= 11 is 0. The lowest BCUT2D eigenvalue weighted by atomic mass is 9.91. The van der Waals surface area contributed by atoms with Crippen molar-refractivity contribution in [1.29, 1.82) is 0 Å². The first kappa shape index (κ1) is 13.1. The fraction of sp³-hybridized carbons (Fsp3) is 0.615. The van der Waals surface area contributed by atoms with Gasteiger partial charge in [0.1, 0.15) is 5.52 Å². The van der Waals surface area contributed by atoms with Gasteiger partial charge in [-0.05, 0) is 12.8 Å². The first-order valence-electron chi connectivity index (χ1n) is 7.00. The molecule has 1 saturated carbocycles. The van der Waals surface area contributed by atoms with Gasteiger partial charge in [-0.25, -0.2) is 4.98 Å². The highest BCUT2D eigenvalue weighted by Gasteiger charge is 2.29. The van der Waals surface area contributed by atoms with Crippen molar-refractivity contribution in [3.05, 3.63) is 6.33 Å². The molecular formula is C13H20N6O. The van der Waals surface area contributed by atoms with Crippen LogP contribution in [0.2, 0.25) is 0 Å². The first-order valence-corrected chi connectivity index (χ1v) is 7.00. The van der Waals surface area contributed by atoms with Crippen LogP contribution in [0.3, 0.4) is 0 Å². The second-order valence-electron chi connectivity index (χ2n) is 5.25. The number of nitrogens with one attached hydrogen (secondary N) is 2. The molecule has 2 unspecified atom stereocenters. The van der Waals surface area contributed by atoms with Crippen LogP contribution in [-0.2, 0) is 0 Å². The van der Waals surface area contributed by atoms with Crippen molar-refractivity contribution in [2.75, 3.05) is 24.3 Å². The maximum Gasteiger partial charge on any atom is 0.226 e. The molecule has 108 valence electrons. The Labute approximate surface area is 117 Å². The van der Waals surface area contributed by atoms with Crippen LogP contribution < -0.4 is 10.2 Å². The number of aromatic amines is 1. The first-order chi connectivity index (χ1) is 9.70. The van der Waals surface area contributed by atoms with E-state index in [0.29, 0.717) is 11.6 Å². The summed E-state index contributed by atoms with van der Waals surface area (Å²) in [4.78, 5) is 18.2. The highest BCUT2D eigenvalue weighted by atomic mass is 16.3. The molecule has 0 amide bonds. The zero-order valence-corrected chi connectivity index (χ0v) is 11.8. The Morgan fingerprint density at radius 2 is 2.15 bits per heavy atom. The van der Waals surface area contributed by atoms with E-state index in [1.54, 1.807) is 13.4 Å². The molecular weight excluding hydrogens is 256 g/mol. The third-order valence-electron chi connectivity index (χ3n) is 4.02. The van der Waals surface area contributed by atoms with E-state index in [1.165, 1.54) is 0 Å². The molecule has 1 aliphatic carbocycles. The van der Waals surface area contributed by atoms with Crippen molar-refractivity contribution < 1.29 is 5.11 Å². The molecule has 7 heteroatoms. The second-order valence-corrected chi connectivity index (χ2v) is 5.25. The monoisotopic (exact) mass is 276 g/mol. The molecule has 2 aromatic rings. The van der Waals surface area contributed by atoms with Crippen LogP contribution in [0.5, 0.6) is 0 Å². The van der Waals surface area contributed by atoms with Crippen LogP contribution in [0.4, 0.5) is 11.8 Å². The summed E-state index contributed by atoms with van der Waals surface area (Å²) < 4.78 is 0. The van der Waals surface area contributed by atoms with Crippen molar-refractivity contribution in [3.8, 4) is 0 Å². The molecule has 0 spiro atoms. The van der Waals surface area contributed by atoms with E-state index in [9.17, 15) is 5.11 Å². The highest BCUT2D eigenvalue weighted by molar-refractivity contribution is 5.84. The van der Waals surface area contributed by atoms with Gasteiger partial charge in [-0.2, -0.15) is 9.97 Å². The summed E-state index contributed by atoms with van der Waals surface area (Å²) in [5, 5.41) is 13.2. The predicted octanol–water partition coefficient (Wildman–Crippen LogP) is 1.13. The number of aliphatic hydroxyl groups excluding tert-OH is 1. The molecule has 1 aliphatic rings. The Morgan fingerprint density at radius 3 is 2.90 bits per heavy atom. The van der Waals surface area contributed by atoms with Gasteiger partial charge in [-0.1, -0.05) is 12.8 Å². The molecule has 7 nitrogen and oxygen atoms in total. The van der Waals surface area contributed by atoms with Crippen molar-refractivity contribution in [3.63, 3.8) is 0 Å². The van der Waals surface area contributed by atoms with Crippen LogP contribution in [0.25, 0.3) is 11.2 Å². The topological polar surface area (TPSA) is 90.0 Å². The number of rotatable bonds is 3. The number of anilines is 2. The number of likely N-dealkylation sites (N-methyl/N-ethyl adjacent to an activating group) is 1. The van der Waals surface area contributed by atoms with E-state index in [-0.39, 0.29) is 12.1 Å². The van der Waals surface area contributed by atoms with Crippen LogP contribution in [0.15, 0.2) is 6.33 Å². The number of fused-ring (bicyclic) bond motifs is 1. The van der Waals surface area contributed by atoms with E-state index in [1.807, 2.05) is 11.9 Å². The number of nitrogens with zero attached hydrogens (tertiary/aromatic N) is 4. The summed E-state index contributed by atoms with van der Waals surface area (Å²) in [6.07, 6.45) is 5.38. The van der Waals surface area contributed by atoms with Crippen molar-refractivity contribution >= 4 is 22.9 Å². The number of H-pyrrole nitrogens is 1. The minimum Gasteiger partial charge on any atom is -0.391 e. The minimum atomic E-state index is -0.306. The average molecular weight is 276 g/mol. The van der Waals surface area contributed by atoms with Crippen LogP contribution >= 0.6 is 0 Å². The zero-order valence-electron chi connectivity index (χ0n) is 11.8. The normalized spacial score (nSPS) is 22.9. The van der Waals surface area contributed by atoms with Crippen LogP contribution in [-0.4, -0.2) is 51.3 Å². The Balaban J connectivity index is 2.01. The highest BCUT2D eigenvalue weighted by Crippen LogP contribution is 2.29. The van der Waals surface area contributed by atoms with Gasteiger partial charge in [-0.15, -0.1) is 0 Å². The molecule has 3 N–H and O–H groups in total. The van der Waals surface area contributed by atoms with E-state index in [4.69, 9.17) is 0 Å². The van der Waals surface area contributed by atoms with E-state index in [2.05, 4.69) is 25.3 Å². The Kier molecular flexibility index (Phi) is 3.43. The van der Waals surface area contributed by atoms with Gasteiger partial charge in [-0.3, -0.25) is 0 Å². The lowest BCUT2D eigenvalue weighted by Gasteiger charge is -2.36. The molecule has 2 atom stereocenters. The summed E-state index contributed by atoms with van der Waals surface area (Å²) in [7, 11) is 3.76. The van der Waals surface area contributed by atoms with Gasteiger partial charge in [0.15, 0.2) is 11.5 Å². The fourth-order valence-electron chi connectivity index (χ4n) is 2.89. The van der Waals surface area contributed by atoms with Crippen molar-refractivity contribution in [2.45, 2.75) is 37.8 Å². The summed E-state index contributed by atoms with van der Waals surface area (Å²) in [5.41, 5.74) is 1.45. The number of aliphatic hydroxyl groups is 1. The molecule has 1 fully saturated rings. The molecule has 0 radical (unpaired) electrons. The van der Waals surface area contributed by atoms with Crippen molar-refractivity contribution in [2.24, 2.45) is 0 Å². The zero-order chi connectivity index (χ0) is 14.1. The number of imidazole rings is 1. The lowest BCUT2D eigenvalue weighted by Crippen LogP contribution is -2.44. The molecule has 0 aromatic carbocycles. The molecule has 2 heterocycles. The third kappa shape index (κ3) is 2.18. The van der Waals surface area contributed by atoms with E-state index < -0.39 is 0 Å². The van der Waals surface area contributed by atoms with Crippen LogP contribution in [0.1, 0.15) is 25.7 Å². The maximum absolute atomic E-state index is 10.2. The third-order valence-corrected chi connectivity index (χ3v) is 4.02. The Bertz CT molecular complexity index is 598. The Morgan fingerprint density at radius 1 is 1.35 bits per heavy atom. The smallest absolute Gasteiger partial charge is 0.226 e. The largest absolute Gasteiger partial charge is 0.391 e. The maximum atomic E-state index is 10.2. The number of aromatic nitrogens is 4. The molecule has 2 aromatic heterocycles. The van der Waals surface area contributed by atoms with Gasteiger partial charge in [0.05, 0.1) is 18.5 Å². The summed E-state index contributed by atoms with van der Waals surface area (Å²) in [6.45, 7) is 0. The second kappa shape index (κ2) is 5.24. The quantitative estimate of drug-likeness (QED) is 0.778. The van der Waals surface area contributed by atoms with Crippen molar-refractivity contribution in [1.82, 2.24) is 19.9 Å². The molecule has 0 bridgehead atoms. The summed E-state index contributed by atoms with van der Waals surface area (Å²) in [6, 6.07) is 0.0925. The van der Waals surface area contributed by atoms with Gasteiger partial charge < -0.3 is 20.3 Å². The van der Waals surface area contributed by atoms with Gasteiger partial charge in [0.2, 0.25) is 5.95 Å². The predicted molar refractivity (Wildman–Crippen MR) is 77.9 cm³/mol. The number of hydrogen-bond donors (Lipinski definition) is 3. The molecule has 3 rings (SSSR count). The Hall–Kier alpha value is -1.89.